The van der Waals surface area contributed by atoms with Gasteiger partial charge in [0.25, 0.3) is 0 Å². The van der Waals surface area contributed by atoms with Gasteiger partial charge < -0.3 is 20.5 Å². The molecule has 0 radical (unpaired) electrons. The summed E-state index contributed by atoms with van der Waals surface area (Å²) in [6, 6.07) is 4.34. The van der Waals surface area contributed by atoms with Gasteiger partial charge in [-0.15, -0.1) is 0 Å². The lowest BCUT2D eigenvalue weighted by Crippen LogP contribution is -2.48. The van der Waals surface area contributed by atoms with Gasteiger partial charge >= 0.3 is 11.9 Å². The Balaban J connectivity index is 1.44. The molecule has 1 aliphatic rings. The molecule has 1 amide bonds. The predicted octanol–water partition coefficient (Wildman–Crippen LogP) is 1.61. The number of fused-ring (bicyclic) bond motifs is 1. The molecule has 0 spiro atoms. The molecule has 1 saturated heterocycles. The predicted molar refractivity (Wildman–Crippen MR) is 120 cm³/mol. The summed E-state index contributed by atoms with van der Waals surface area (Å²) in [7, 11) is 0. The van der Waals surface area contributed by atoms with E-state index in [-0.39, 0.29) is 12.8 Å². The van der Waals surface area contributed by atoms with E-state index in [4.69, 9.17) is 9.74 Å². The molecule has 4 N–H and O–H groups in total. The quantitative estimate of drug-likeness (QED) is 0.361. The summed E-state index contributed by atoms with van der Waals surface area (Å²) in [6.45, 7) is 4.97. The molecule has 3 heterocycles. The molecule has 12 heteroatoms. The summed E-state index contributed by atoms with van der Waals surface area (Å²) >= 11 is 0. The monoisotopic (exact) mass is 470 g/mol. The van der Waals surface area contributed by atoms with E-state index in [1.54, 1.807) is 24.4 Å². The van der Waals surface area contributed by atoms with Gasteiger partial charge in [-0.2, -0.15) is 0 Å². The zero-order chi connectivity index (χ0) is 24.2. The third-order valence-corrected chi connectivity index (χ3v) is 5.98. The molecule has 180 valence electrons. The Bertz CT molecular complexity index is 1200. The molecule has 0 bridgehead atoms. The van der Waals surface area contributed by atoms with E-state index in [9.17, 15) is 19.5 Å². The van der Waals surface area contributed by atoms with Crippen molar-refractivity contribution in [3.05, 3.63) is 41.3 Å². The normalized spacial score (nSPS) is 15.9. The minimum atomic E-state index is -1.04. The maximum atomic E-state index is 12.3. The molecular formula is C22H26N6O6. The molecule has 1 fully saturated rings. The van der Waals surface area contributed by atoms with Gasteiger partial charge in [-0.25, -0.2) is 4.63 Å². The zero-order valence-electron chi connectivity index (χ0n) is 18.7. The molecule has 1 aromatic carbocycles. The molecule has 34 heavy (non-hydrogen) atoms. The lowest BCUT2D eigenvalue weighted by atomic mass is 10.0. The molecule has 0 unspecified atom stereocenters. The number of aromatic amines is 1. The van der Waals surface area contributed by atoms with E-state index in [1.807, 2.05) is 11.8 Å². The molecule has 12 nitrogen and oxygen atoms in total. The Hall–Kier alpha value is -3.77. The van der Waals surface area contributed by atoms with Crippen molar-refractivity contribution in [1.29, 1.82) is 0 Å². The van der Waals surface area contributed by atoms with Crippen LogP contribution in [0.3, 0.4) is 0 Å². The first-order valence-corrected chi connectivity index (χ1v) is 10.9. The average molecular weight is 470 g/mol. The van der Waals surface area contributed by atoms with Crippen LogP contribution in [0, 0.1) is 6.92 Å². The van der Waals surface area contributed by atoms with E-state index in [0.29, 0.717) is 49.5 Å². The number of carbonyl (C=O) groups is 3. The zero-order valence-corrected chi connectivity index (χ0v) is 18.7. The van der Waals surface area contributed by atoms with Crippen molar-refractivity contribution in [3.8, 4) is 0 Å². The van der Waals surface area contributed by atoms with Gasteiger partial charge in [0.15, 0.2) is 0 Å². The third-order valence-electron chi connectivity index (χ3n) is 5.98. The van der Waals surface area contributed by atoms with Crippen LogP contribution in [-0.2, 0) is 20.9 Å². The highest BCUT2D eigenvalue weighted by atomic mass is 16.6. The number of nitrogens with one attached hydrogen (secondary N) is 2. The number of hydrogen-bond donors (Lipinski definition) is 4. The molecule has 0 aliphatic carbocycles. The number of aromatic nitrogens is 3. The first kappa shape index (κ1) is 23.4. The standard InChI is InChI=1S/C22H26N6O6/c1-13-18(26-34-25-13)12-27-6-8-28(9-7-27)21(22(32)33)16-11-23-17-10-14(2-3-15(16)17)24-19(29)4-5-20(30)31/h2-3,10-11,21,23H,4-9,12H2,1H3,(H,24,29)(H,30,31)(H,32,33)/t21-/m1/s1. The molecule has 3 aromatic rings. The van der Waals surface area contributed by atoms with Crippen molar-refractivity contribution in [2.45, 2.75) is 32.4 Å². The Labute approximate surface area is 194 Å². The number of benzene rings is 1. The Morgan fingerprint density at radius 2 is 1.91 bits per heavy atom. The maximum Gasteiger partial charge on any atom is 0.325 e. The second-order valence-electron chi connectivity index (χ2n) is 8.30. The van der Waals surface area contributed by atoms with Crippen LogP contribution in [0.25, 0.3) is 10.9 Å². The fraction of sp³-hybridized carbons (Fsp3) is 0.409. The number of hydrogen-bond acceptors (Lipinski definition) is 8. The number of carbonyl (C=O) groups excluding carboxylic acids is 1. The van der Waals surface area contributed by atoms with E-state index in [0.717, 1.165) is 16.8 Å². The Morgan fingerprint density at radius 1 is 1.15 bits per heavy atom. The first-order chi connectivity index (χ1) is 16.3. The van der Waals surface area contributed by atoms with Gasteiger partial charge in [0.05, 0.1) is 6.42 Å². The Kier molecular flexibility index (Phi) is 6.89. The van der Waals surface area contributed by atoms with Crippen molar-refractivity contribution in [3.63, 3.8) is 0 Å². The van der Waals surface area contributed by atoms with Crippen LogP contribution in [0.15, 0.2) is 29.0 Å². The first-order valence-electron chi connectivity index (χ1n) is 10.9. The van der Waals surface area contributed by atoms with Crippen molar-refractivity contribution >= 4 is 34.4 Å². The number of aliphatic carboxylic acids is 2. The summed E-state index contributed by atoms with van der Waals surface area (Å²) < 4.78 is 4.75. The Morgan fingerprint density at radius 3 is 2.56 bits per heavy atom. The third kappa shape index (κ3) is 5.24. The van der Waals surface area contributed by atoms with Crippen LogP contribution >= 0.6 is 0 Å². The largest absolute Gasteiger partial charge is 0.481 e. The fourth-order valence-corrected chi connectivity index (χ4v) is 4.17. The highest BCUT2D eigenvalue weighted by Crippen LogP contribution is 2.31. The molecule has 2 aromatic heterocycles. The number of nitrogens with zero attached hydrogens (tertiary/aromatic N) is 4. The minimum absolute atomic E-state index is 0.122. The van der Waals surface area contributed by atoms with Gasteiger partial charge in [-0.3, -0.25) is 24.2 Å². The highest BCUT2D eigenvalue weighted by Gasteiger charge is 2.32. The van der Waals surface area contributed by atoms with Crippen LogP contribution in [0.5, 0.6) is 0 Å². The van der Waals surface area contributed by atoms with Crippen molar-refractivity contribution in [2.75, 3.05) is 31.5 Å². The van der Waals surface area contributed by atoms with E-state index in [2.05, 4.69) is 25.5 Å². The van der Waals surface area contributed by atoms with Crippen LogP contribution in [-0.4, -0.2) is 79.3 Å². The van der Waals surface area contributed by atoms with Crippen molar-refractivity contribution < 1.29 is 29.2 Å². The summed E-state index contributed by atoms with van der Waals surface area (Å²) in [5, 5.41) is 29.9. The number of aryl methyl sites for hydroxylation is 1. The highest BCUT2D eigenvalue weighted by molar-refractivity contribution is 5.96. The van der Waals surface area contributed by atoms with Gasteiger partial charge in [0, 0.05) is 67.5 Å². The lowest BCUT2D eigenvalue weighted by molar-refractivity contribution is -0.144. The van der Waals surface area contributed by atoms with Crippen LogP contribution in [0.1, 0.15) is 35.8 Å². The van der Waals surface area contributed by atoms with E-state index < -0.39 is 23.9 Å². The van der Waals surface area contributed by atoms with E-state index in [1.165, 1.54) is 0 Å². The number of amides is 1. The van der Waals surface area contributed by atoms with Crippen LogP contribution in [0.4, 0.5) is 5.69 Å². The number of carboxylic acid groups (broad SMARTS) is 2. The SMILES string of the molecule is Cc1nonc1CN1CCN([C@@H](C(=O)O)c2c[nH]c3cc(NC(=O)CCC(=O)O)ccc23)CC1. The molecular weight excluding hydrogens is 444 g/mol. The van der Waals surface area contributed by atoms with Gasteiger partial charge in [-0.1, -0.05) is 16.4 Å². The summed E-state index contributed by atoms with van der Waals surface area (Å²) in [5.41, 5.74) is 3.38. The number of piperazine rings is 1. The number of anilines is 1. The minimum Gasteiger partial charge on any atom is -0.481 e. The number of rotatable bonds is 9. The number of H-pyrrole nitrogens is 1. The lowest BCUT2D eigenvalue weighted by Gasteiger charge is -2.37. The topological polar surface area (TPSA) is 165 Å². The molecule has 0 saturated carbocycles. The summed E-state index contributed by atoms with van der Waals surface area (Å²) in [6.07, 6.45) is 1.32. The van der Waals surface area contributed by atoms with Crippen molar-refractivity contribution in [1.82, 2.24) is 25.1 Å². The summed E-state index contributed by atoms with van der Waals surface area (Å²) in [4.78, 5) is 42.0. The average Bonchev–Trinajstić information content (AvgIpc) is 3.39. The maximum absolute atomic E-state index is 12.3. The fourth-order valence-electron chi connectivity index (χ4n) is 4.17. The van der Waals surface area contributed by atoms with Crippen LogP contribution in [0.2, 0.25) is 0 Å². The summed E-state index contributed by atoms with van der Waals surface area (Å²) in [5.74, 6) is -2.37. The molecule has 1 atom stereocenters. The molecule has 4 rings (SSSR count). The van der Waals surface area contributed by atoms with Crippen LogP contribution < -0.4 is 5.32 Å². The van der Waals surface area contributed by atoms with Crippen molar-refractivity contribution in [2.24, 2.45) is 0 Å². The van der Waals surface area contributed by atoms with Gasteiger partial charge in [-0.05, 0) is 19.1 Å². The van der Waals surface area contributed by atoms with Gasteiger partial charge in [0.1, 0.15) is 17.4 Å². The number of carboxylic acids is 2. The van der Waals surface area contributed by atoms with E-state index >= 15 is 0 Å². The second-order valence-corrected chi connectivity index (χ2v) is 8.30. The smallest absolute Gasteiger partial charge is 0.325 e. The second kappa shape index (κ2) is 10.0. The van der Waals surface area contributed by atoms with Gasteiger partial charge in [0.2, 0.25) is 5.91 Å². The molecule has 1 aliphatic heterocycles.